The molecule has 1 atom stereocenters. The van der Waals surface area contributed by atoms with Gasteiger partial charge in [-0.2, -0.15) is 0 Å². The highest BCUT2D eigenvalue weighted by molar-refractivity contribution is 6.18. The summed E-state index contributed by atoms with van der Waals surface area (Å²) < 4.78 is 11.2. The van der Waals surface area contributed by atoms with E-state index in [2.05, 4.69) is 0 Å². The number of aliphatic hydroxyl groups is 1. The van der Waals surface area contributed by atoms with Gasteiger partial charge < -0.3 is 14.6 Å². The minimum atomic E-state index is -0.495. The monoisotopic (exact) mass is 280 g/mol. The molecule has 1 unspecified atom stereocenters. The standard InChI is InChI=1S/C15H17ClO3/c1-11(17)10-19-15-7-6-14(18-9-8-16)12-4-2-3-5-13(12)15/h2-7,11,17H,8-10H2,1H3. The van der Waals surface area contributed by atoms with Crippen molar-refractivity contribution in [2.45, 2.75) is 13.0 Å². The van der Waals surface area contributed by atoms with Crippen molar-refractivity contribution in [3.8, 4) is 11.5 Å². The molecule has 2 rings (SSSR count). The van der Waals surface area contributed by atoms with Gasteiger partial charge in [0, 0.05) is 10.8 Å². The third-order valence-corrected chi connectivity index (χ3v) is 2.81. The van der Waals surface area contributed by atoms with Crippen LogP contribution in [0.2, 0.25) is 0 Å². The first-order chi connectivity index (χ1) is 9.22. The van der Waals surface area contributed by atoms with Gasteiger partial charge in [-0.05, 0) is 19.1 Å². The van der Waals surface area contributed by atoms with Crippen molar-refractivity contribution < 1.29 is 14.6 Å². The smallest absolute Gasteiger partial charge is 0.127 e. The van der Waals surface area contributed by atoms with Crippen LogP contribution in [0.15, 0.2) is 36.4 Å². The van der Waals surface area contributed by atoms with Gasteiger partial charge in [-0.15, -0.1) is 11.6 Å². The highest BCUT2D eigenvalue weighted by Crippen LogP contribution is 2.33. The molecule has 3 nitrogen and oxygen atoms in total. The molecular formula is C15H17ClO3. The van der Waals surface area contributed by atoms with E-state index in [9.17, 15) is 5.11 Å². The van der Waals surface area contributed by atoms with Crippen molar-refractivity contribution in [3.05, 3.63) is 36.4 Å². The molecule has 2 aromatic rings. The fourth-order valence-corrected chi connectivity index (χ4v) is 1.93. The molecule has 0 aliphatic carbocycles. The first-order valence-corrected chi connectivity index (χ1v) is 6.77. The number of benzene rings is 2. The van der Waals surface area contributed by atoms with Crippen LogP contribution in [-0.4, -0.2) is 30.3 Å². The first kappa shape index (κ1) is 14.0. The van der Waals surface area contributed by atoms with Crippen molar-refractivity contribution >= 4 is 22.4 Å². The van der Waals surface area contributed by atoms with E-state index in [4.69, 9.17) is 21.1 Å². The molecule has 2 aromatic carbocycles. The quantitative estimate of drug-likeness (QED) is 0.826. The zero-order chi connectivity index (χ0) is 13.7. The van der Waals surface area contributed by atoms with Gasteiger partial charge in [0.25, 0.3) is 0 Å². The summed E-state index contributed by atoms with van der Waals surface area (Å²) in [6, 6.07) is 11.6. The Hall–Kier alpha value is -1.45. The lowest BCUT2D eigenvalue weighted by Gasteiger charge is -2.13. The average Bonchev–Trinajstić information content (AvgIpc) is 2.43. The second kappa shape index (κ2) is 6.64. The van der Waals surface area contributed by atoms with Gasteiger partial charge in [0.15, 0.2) is 0 Å². The molecule has 0 spiro atoms. The molecule has 19 heavy (non-hydrogen) atoms. The summed E-state index contributed by atoms with van der Waals surface area (Å²) in [5.74, 6) is 1.99. The Morgan fingerprint density at radius 3 is 2.16 bits per heavy atom. The lowest BCUT2D eigenvalue weighted by Crippen LogP contribution is -2.13. The molecule has 0 bridgehead atoms. The summed E-state index contributed by atoms with van der Waals surface area (Å²) in [5.41, 5.74) is 0. The van der Waals surface area contributed by atoms with Crippen LogP contribution in [0.5, 0.6) is 11.5 Å². The molecule has 0 saturated carbocycles. The maximum absolute atomic E-state index is 9.29. The fourth-order valence-electron chi connectivity index (χ4n) is 1.85. The van der Waals surface area contributed by atoms with E-state index in [0.717, 1.165) is 22.3 Å². The minimum Gasteiger partial charge on any atom is -0.492 e. The van der Waals surface area contributed by atoms with E-state index in [1.807, 2.05) is 36.4 Å². The predicted molar refractivity (Wildman–Crippen MR) is 77.3 cm³/mol. The minimum absolute atomic E-state index is 0.270. The van der Waals surface area contributed by atoms with Crippen molar-refractivity contribution in [3.63, 3.8) is 0 Å². The van der Waals surface area contributed by atoms with E-state index < -0.39 is 6.10 Å². The van der Waals surface area contributed by atoms with Crippen LogP contribution in [0.1, 0.15) is 6.92 Å². The maximum Gasteiger partial charge on any atom is 0.127 e. The van der Waals surface area contributed by atoms with Crippen LogP contribution < -0.4 is 9.47 Å². The Kier molecular flexibility index (Phi) is 4.88. The van der Waals surface area contributed by atoms with Gasteiger partial charge in [-0.25, -0.2) is 0 Å². The number of alkyl halides is 1. The zero-order valence-electron chi connectivity index (χ0n) is 10.8. The maximum atomic E-state index is 9.29. The Morgan fingerprint density at radius 1 is 1.05 bits per heavy atom. The van der Waals surface area contributed by atoms with Crippen molar-refractivity contribution in [1.82, 2.24) is 0 Å². The number of ether oxygens (including phenoxy) is 2. The van der Waals surface area contributed by atoms with E-state index in [0.29, 0.717) is 12.5 Å². The molecule has 0 fully saturated rings. The predicted octanol–water partition coefficient (Wildman–Crippen LogP) is 3.22. The highest BCUT2D eigenvalue weighted by Gasteiger charge is 2.08. The number of rotatable bonds is 6. The van der Waals surface area contributed by atoms with Gasteiger partial charge >= 0.3 is 0 Å². The molecular weight excluding hydrogens is 264 g/mol. The Balaban J connectivity index is 2.34. The van der Waals surface area contributed by atoms with Crippen LogP contribution in [-0.2, 0) is 0 Å². The summed E-state index contributed by atoms with van der Waals surface area (Å²) in [4.78, 5) is 0. The normalized spacial score (nSPS) is 12.4. The van der Waals surface area contributed by atoms with Gasteiger partial charge in [-0.1, -0.05) is 24.3 Å². The summed E-state index contributed by atoms with van der Waals surface area (Å²) in [5, 5.41) is 11.2. The molecule has 1 N–H and O–H groups in total. The molecule has 0 amide bonds. The summed E-state index contributed by atoms with van der Waals surface area (Å²) >= 11 is 5.64. The van der Waals surface area contributed by atoms with Crippen LogP contribution in [0.4, 0.5) is 0 Å². The Morgan fingerprint density at radius 2 is 1.63 bits per heavy atom. The molecule has 0 saturated heterocycles. The number of hydrogen-bond donors (Lipinski definition) is 1. The Labute approximate surface area is 117 Å². The van der Waals surface area contributed by atoms with Gasteiger partial charge in [0.1, 0.15) is 24.7 Å². The SMILES string of the molecule is CC(O)COc1ccc(OCCCl)c2ccccc12. The molecule has 0 heterocycles. The third kappa shape index (κ3) is 3.52. The van der Waals surface area contributed by atoms with Gasteiger partial charge in [-0.3, -0.25) is 0 Å². The van der Waals surface area contributed by atoms with E-state index >= 15 is 0 Å². The fraction of sp³-hybridized carbons (Fsp3) is 0.333. The van der Waals surface area contributed by atoms with Crippen molar-refractivity contribution in [2.75, 3.05) is 19.1 Å². The molecule has 0 radical (unpaired) electrons. The van der Waals surface area contributed by atoms with Crippen LogP contribution >= 0.6 is 11.6 Å². The van der Waals surface area contributed by atoms with Crippen LogP contribution in [0, 0.1) is 0 Å². The molecule has 0 aromatic heterocycles. The lowest BCUT2D eigenvalue weighted by atomic mass is 10.1. The van der Waals surface area contributed by atoms with E-state index in [-0.39, 0.29) is 6.61 Å². The van der Waals surface area contributed by atoms with E-state index in [1.54, 1.807) is 6.92 Å². The third-order valence-electron chi connectivity index (χ3n) is 2.66. The van der Waals surface area contributed by atoms with Crippen LogP contribution in [0.3, 0.4) is 0 Å². The zero-order valence-corrected chi connectivity index (χ0v) is 11.6. The first-order valence-electron chi connectivity index (χ1n) is 6.23. The van der Waals surface area contributed by atoms with Gasteiger partial charge in [0.05, 0.1) is 12.0 Å². The lowest BCUT2D eigenvalue weighted by molar-refractivity contribution is 0.123. The number of fused-ring (bicyclic) bond motifs is 1. The second-order valence-electron chi connectivity index (χ2n) is 4.30. The number of aliphatic hydroxyl groups excluding tert-OH is 1. The number of halogens is 1. The summed E-state index contributed by atoms with van der Waals surface area (Å²) in [6.45, 7) is 2.44. The van der Waals surface area contributed by atoms with Crippen molar-refractivity contribution in [1.29, 1.82) is 0 Å². The summed E-state index contributed by atoms with van der Waals surface area (Å²) in [6.07, 6.45) is -0.495. The molecule has 102 valence electrons. The summed E-state index contributed by atoms with van der Waals surface area (Å²) in [7, 11) is 0. The topological polar surface area (TPSA) is 38.7 Å². The largest absolute Gasteiger partial charge is 0.492 e. The second-order valence-corrected chi connectivity index (χ2v) is 4.68. The highest BCUT2D eigenvalue weighted by atomic mass is 35.5. The molecule has 0 aliphatic heterocycles. The average molecular weight is 281 g/mol. The van der Waals surface area contributed by atoms with Crippen molar-refractivity contribution in [2.24, 2.45) is 0 Å². The van der Waals surface area contributed by atoms with E-state index in [1.165, 1.54) is 0 Å². The van der Waals surface area contributed by atoms with Gasteiger partial charge in [0.2, 0.25) is 0 Å². The number of hydrogen-bond acceptors (Lipinski definition) is 3. The van der Waals surface area contributed by atoms with Crippen LogP contribution in [0.25, 0.3) is 10.8 Å². The molecule has 4 heteroatoms. The molecule has 0 aliphatic rings. The Bertz CT molecular complexity index is 540.